The first-order valence-corrected chi connectivity index (χ1v) is 7.61. The standard InChI is InChI=1S/C15H28N2O4/c1-15(2,7-6-13(18)19)8-9-16-14(20)17-11-4-5-12(10-11)21-3/h11-12H,4-10H2,1-3H3,(H,18,19)(H2,16,17,20). The van der Waals surface area contributed by atoms with Crippen molar-refractivity contribution in [1.82, 2.24) is 10.6 Å². The Morgan fingerprint density at radius 2 is 2.00 bits per heavy atom. The van der Waals surface area contributed by atoms with Gasteiger partial charge in [0.1, 0.15) is 0 Å². The Bertz CT molecular complexity index is 358. The molecule has 1 aliphatic carbocycles. The van der Waals surface area contributed by atoms with Gasteiger partial charge in [0.25, 0.3) is 0 Å². The molecule has 2 atom stereocenters. The maximum atomic E-state index is 11.8. The highest BCUT2D eigenvalue weighted by Gasteiger charge is 2.25. The number of nitrogens with one attached hydrogen (secondary N) is 2. The Hall–Kier alpha value is -1.30. The third-order valence-electron chi connectivity index (χ3n) is 4.16. The summed E-state index contributed by atoms with van der Waals surface area (Å²) >= 11 is 0. The third kappa shape index (κ3) is 7.32. The molecule has 0 heterocycles. The van der Waals surface area contributed by atoms with Crippen LogP contribution in [0, 0.1) is 5.41 Å². The van der Waals surface area contributed by atoms with Gasteiger partial charge in [-0.25, -0.2) is 4.79 Å². The van der Waals surface area contributed by atoms with E-state index in [0.29, 0.717) is 13.0 Å². The summed E-state index contributed by atoms with van der Waals surface area (Å²) in [5.74, 6) is -0.775. The van der Waals surface area contributed by atoms with Gasteiger partial charge in [-0.05, 0) is 37.5 Å². The Morgan fingerprint density at radius 3 is 2.57 bits per heavy atom. The fourth-order valence-corrected chi connectivity index (χ4v) is 2.61. The second-order valence-corrected chi connectivity index (χ2v) is 6.58. The Balaban J connectivity index is 2.17. The highest BCUT2D eigenvalue weighted by Crippen LogP contribution is 2.26. The quantitative estimate of drug-likeness (QED) is 0.641. The summed E-state index contributed by atoms with van der Waals surface area (Å²) in [5.41, 5.74) is -0.0832. The maximum absolute atomic E-state index is 11.8. The fourth-order valence-electron chi connectivity index (χ4n) is 2.61. The van der Waals surface area contributed by atoms with E-state index in [1.54, 1.807) is 7.11 Å². The number of carboxylic acids is 1. The number of amides is 2. The summed E-state index contributed by atoms with van der Waals surface area (Å²) < 4.78 is 5.28. The average Bonchev–Trinajstić information content (AvgIpc) is 2.84. The first-order chi connectivity index (χ1) is 9.82. The lowest BCUT2D eigenvalue weighted by Gasteiger charge is -2.24. The van der Waals surface area contributed by atoms with Gasteiger partial charge in [0.05, 0.1) is 6.10 Å². The Morgan fingerprint density at radius 1 is 1.29 bits per heavy atom. The number of hydrogen-bond donors (Lipinski definition) is 3. The van der Waals surface area contributed by atoms with Crippen LogP contribution < -0.4 is 10.6 Å². The number of urea groups is 1. The first kappa shape index (κ1) is 17.8. The van der Waals surface area contributed by atoms with Gasteiger partial charge in [-0.15, -0.1) is 0 Å². The number of ether oxygens (including phenoxy) is 1. The van der Waals surface area contributed by atoms with Crippen molar-refractivity contribution >= 4 is 12.0 Å². The molecule has 1 saturated carbocycles. The van der Waals surface area contributed by atoms with E-state index in [1.165, 1.54) is 0 Å². The molecule has 1 fully saturated rings. The summed E-state index contributed by atoms with van der Waals surface area (Å²) in [5, 5.41) is 14.5. The van der Waals surface area contributed by atoms with Crippen LogP contribution in [0.5, 0.6) is 0 Å². The number of carboxylic acid groups (broad SMARTS) is 1. The molecule has 0 aliphatic heterocycles. The number of rotatable bonds is 8. The van der Waals surface area contributed by atoms with Gasteiger partial charge in [0.15, 0.2) is 0 Å². The van der Waals surface area contributed by atoms with Crippen LogP contribution >= 0.6 is 0 Å². The van der Waals surface area contributed by atoms with Crippen molar-refractivity contribution in [2.45, 2.75) is 64.5 Å². The zero-order chi connectivity index (χ0) is 15.9. The SMILES string of the molecule is COC1CCC(NC(=O)NCCC(C)(C)CCC(=O)O)C1. The van der Waals surface area contributed by atoms with Gasteiger partial charge in [-0.2, -0.15) is 0 Å². The van der Waals surface area contributed by atoms with Crippen LogP contribution in [0.4, 0.5) is 4.79 Å². The summed E-state index contributed by atoms with van der Waals surface area (Å²) in [7, 11) is 1.70. The van der Waals surface area contributed by atoms with Crippen molar-refractivity contribution < 1.29 is 19.4 Å². The van der Waals surface area contributed by atoms with E-state index in [0.717, 1.165) is 25.7 Å². The monoisotopic (exact) mass is 300 g/mol. The smallest absolute Gasteiger partial charge is 0.315 e. The van der Waals surface area contributed by atoms with Crippen molar-refractivity contribution in [3.8, 4) is 0 Å². The molecule has 6 nitrogen and oxygen atoms in total. The maximum Gasteiger partial charge on any atom is 0.315 e. The molecule has 0 aromatic heterocycles. The van der Waals surface area contributed by atoms with E-state index in [1.807, 2.05) is 13.8 Å². The minimum absolute atomic E-state index is 0.0832. The normalized spacial score (nSPS) is 22.0. The van der Waals surface area contributed by atoms with Crippen molar-refractivity contribution in [1.29, 1.82) is 0 Å². The van der Waals surface area contributed by atoms with Crippen LogP contribution in [0.1, 0.15) is 52.4 Å². The summed E-state index contributed by atoms with van der Waals surface area (Å²) in [6.45, 7) is 4.60. The Kier molecular flexibility index (Phi) is 6.95. The van der Waals surface area contributed by atoms with Crippen LogP contribution in [0.3, 0.4) is 0 Å². The summed E-state index contributed by atoms with van der Waals surface area (Å²) in [4.78, 5) is 22.4. The number of aliphatic carboxylic acids is 1. The van der Waals surface area contributed by atoms with Crippen molar-refractivity contribution in [3.05, 3.63) is 0 Å². The van der Waals surface area contributed by atoms with Crippen LogP contribution in [0.15, 0.2) is 0 Å². The molecule has 0 radical (unpaired) electrons. The predicted molar refractivity (Wildman–Crippen MR) is 80.2 cm³/mol. The lowest BCUT2D eigenvalue weighted by molar-refractivity contribution is -0.137. The van der Waals surface area contributed by atoms with E-state index >= 15 is 0 Å². The van der Waals surface area contributed by atoms with E-state index < -0.39 is 5.97 Å². The van der Waals surface area contributed by atoms with Crippen molar-refractivity contribution in [2.24, 2.45) is 5.41 Å². The molecule has 21 heavy (non-hydrogen) atoms. The van der Waals surface area contributed by atoms with Gasteiger partial charge in [-0.3, -0.25) is 4.79 Å². The molecule has 2 amide bonds. The van der Waals surface area contributed by atoms with Gasteiger partial charge in [-0.1, -0.05) is 13.8 Å². The minimum Gasteiger partial charge on any atom is -0.481 e. The number of carbonyl (C=O) groups excluding carboxylic acids is 1. The predicted octanol–water partition coefficient (Wildman–Crippen LogP) is 2.13. The third-order valence-corrected chi connectivity index (χ3v) is 4.16. The average molecular weight is 300 g/mol. The van der Waals surface area contributed by atoms with E-state index in [9.17, 15) is 9.59 Å². The summed E-state index contributed by atoms with van der Waals surface area (Å²) in [6, 6.07) is 0.0424. The molecule has 1 aliphatic rings. The number of carbonyl (C=O) groups is 2. The fraction of sp³-hybridized carbons (Fsp3) is 0.867. The van der Waals surface area contributed by atoms with Gasteiger partial charge >= 0.3 is 12.0 Å². The molecular formula is C15H28N2O4. The van der Waals surface area contributed by atoms with E-state index in [-0.39, 0.29) is 30.0 Å². The molecule has 0 aromatic carbocycles. The van der Waals surface area contributed by atoms with Crippen LogP contribution in [-0.4, -0.2) is 42.9 Å². The second-order valence-electron chi connectivity index (χ2n) is 6.58. The van der Waals surface area contributed by atoms with Crippen molar-refractivity contribution in [2.75, 3.05) is 13.7 Å². The molecule has 0 saturated heterocycles. The highest BCUT2D eigenvalue weighted by atomic mass is 16.5. The second kappa shape index (κ2) is 8.22. The molecule has 3 N–H and O–H groups in total. The topological polar surface area (TPSA) is 87.7 Å². The minimum atomic E-state index is -0.775. The van der Waals surface area contributed by atoms with Gasteiger partial charge < -0.3 is 20.5 Å². The molecule has 0 bridgehead atoms. The lowest BCUT2D eigenvalue weighted by atomic mass is 9.84. The zero-order valence-corrected chi connectivity index (χ0v) is 13.3. The molecule has 6 heteroatoms. The molecule has 1 rings (SSSR count). The van der Waals surface area contributed by atoms with Gasteiger partial charge in [0, 0.05) is 26.1 Å². The molecule has 122 valence electrons. The van der Waals surface area contributed by atoms with Crippen LogP contribution in [0.25, 0.3) is 0 Å². The first-order valence-electron chi connectivity index (χ1n) is 7.61. The van der Waals surface area contributed by atoms with E-state index in [2.05, 4.69) is 10.6 Å². The highest BCUT2D eigenvalue weighted by molar-refractivity contribution is 5.74. The van der Waals surface area contributed by atoms with Gasteiger partial charge in [0.2, 0.25) is 0 Å². The zero-order valence-electron chi connectivity index (χ0n) is 13.3. The molecule has 0 spiro atoms. The number of hydrogen-bond acceptors (Lipinski definition) is 3. The molecule has 0 aromatic rings. The Labute approximate surface area is 126 Å². The van der Waals surface area contributed by atoms with Crippen LogP contribution in [-0.2, 0) is 9.53 Å². The van der Waals surface area contributed by atoms with Crippen molar-refractivity contribution in [3.63, 3.8) is 0 Å². The number of methoxy groups -OCH3 is 1. The van der Waals surface area contributed by atoms with E-state index in [4.69, 9.17) is 9.84 Å². The summed E-state index contributed by atoms with van der Waals surface area (Å²) in [6.07, 6.45) is 4.61. The largest absolute Gasteiger partial charge is 0.481 e. The van der Waals surface area contributed by atoms with Crippen LogP contribution in [0.2, 0.25) is 0 Å². The molecular weight excluding hydrogens is 272 g/mol. The molecule has 2 unspecified atom stereocenters. The lowest BCUT2D eigenvalue weighted by Crippen LogP contribution is -2.42.